The third-order valence-corrected chi connectivity index (χ3v) is 3.25. The van der Waals surface area contributed by atoms with Crippen molar-refractivity contribution in [3.8, 4) is 5.75 Å². The zero-order chi connectivity index (χ0) is 13.9. The highest BCUT2D eigenvalue weighted by atomic mass is 16.5. The van der Waals surface area contributed by atoms with E-state index in [0.29, 0.717) is 0 Å². The number of ether oxygens (including phenoxy) is 1. The molecule has 0 radical (unpaired) electrons. The van der Waals surface area contributed by atoms with Crippen molar-refractivity contribution in [1.82, 2.24) is 4.98 Å². The van der Waals surface area contributed by atoms with E-state index in [1.54, 1.807) is 7.11 Å². The van der Waals surface area contributed by atoms with Gasteiger partial charge >= 0.3 is 0 Å². The molecule has 102 valence electrons. The number of rotatable bonds is 4. The van der Waals surface area contributed by atoms with E-state index < -0.39 is 0 Å². The molecule has 4 nitrogen and oxygen atoms in total. The van der Waals surface area contributed by atoms with E-state index in [-0.39, 0.29) is 0 Å². The Bertz CT molecular complexity index is 717. The van der Waals surface area contributed by atoms with E-state index in [2.05, 4.69) is 4.98 Å². The molecule has 4 heteroatoms. The van der Waals surface area contributed by atoms with Gasteiger partial charge < -0.3 is 14.9 Å². The van der Waals surface area contributed by atoms with Crippen LogP contribution in [0.5, 0.6) is 5.75 Å². The predicted molar refractivity (Wildman–Crippen MR) is 78.8 cm³/mol. The molecule has 20 heavy (non-hydrogen) atoms. The molecule has 0 aliphatic carbocycles. The molecule has 0 spiro atoms. The zero-order valence-corrected chi connectivity index (χ0v) is 11.3. The standard InChI is InChI=1S/C16H16N2O2/c1-19-13-3-2-4-14-16(13)18-15(20-14)10-7-11-5-8-12(17)9-6-11/h2-6,8-9H,7,10,17H2,1H3. The van der Waals surface area contributed by atoms with Gasteiger partial charge in [0.15, 0.2) is 17.0 Å². The van der Waals surface area contributed by atoms with Gasteiger partial charge in [-0.25, -0.2) is 4.98 Å². The van der Waals surface area contributed by atoms with Gasteiger partial charge in [-0.05, 0) is 36.2 Å². The van der Waals surface area contributed by atoms with Gasteiger partial charge in [0.25, 0.3) is 0 Å². The molecule has 0 unspecified atom stereocenters. The monoisotopic (exact) mass is 268 g/mol. The normalized spacial score (nSPS) is 10.8. The topological polar surface area (TPSA) is 61.3 Å². The lowest BCUT2D eigenvalue weighted by Crippen LogP contribution is -1.92. The number of oxazole rings is 1. The highest BCUT2D eigenvalue weighted by Crippen LogP contribution is 2.25. The minimum Gasteiger partial charge on any atom is -0.494 e. The Labute approximate surface area is 117 Å². The molecule has 0 amide bonds. The second kappa shape index (κ2) is 5.25. The van der Waals surface area contributed by atoms with Crippen LogP contribution in [0.3, 0.4) is 0 Å². The van der Waals surface area contributed by atoms with E-state index in [1.165, 1.54) is 5.56 Å². The minimum atomic E-state index is 0.723. The number of fused-ring (bicyclic) bond motifs is 1. The van der Waals surface area contributed by atoms with E-state index >= 15 is 0 Å². The summed E-state index contributed by atoms with van der Waals surface area (Å²) >= 11 is 0. The lowest BCUT2D eigenvalue weighted by molar-refractivity contribution is 0.419. The number of nitrogens with zero attached hydrogens (tertiary/aromatic N) is 1. The van der Waals surface area contributed by atoms with Crippen molar-refractivity contribution >= 4 is 16.8 Å². The van der Waals surface area contributed by atoms with Crippen LogP contribution in [-0.2, 0) is 12.8 Å². The number of para-hydroxylation sites is 1. The van der Waals surface area contributed by atoms with Gasteiger partial charge in [-0.1, -0.05) is 18.2 Å². The number of anilines is 1. The van der Waals surface area contributed by atoms with Gasteiger partial charge in [-0.3, -0.25) is 0 Å². The van der Waals surface area contributed by atoms with E-state index in [0.717, 1.165) is 41.3 Å². The maximum Gasteiger partial charge on any atom is 0.195 e. The molecular weight excluding hydrogens is 252 g/mol. The molecule has 2 aromatic carbocycles. The maximum absolute atomic E-state index is 5.74. The minimum absolute atomic E-state index is 0.723. The first-order chi connectivity index (χ1) is 9.76. The number of hydrogen-bond donors (Lipinski definition) is 1. The van der Waals surface area contributed by atoms with Crippen LogP contribution in [0.4, 0.5) is 5.69 Å². The first-order valence-corrected chi connectivity index (χ1v) is 6.53. The fraction of sp³-hybridized carbons (Fsp3) is 0.188. The van der Waals surface area contributed by atoms with Gasteiger partial charge in [-0.2, -0.15) is 0 Å². The van der Waals surface area contributed by atoms with Crippen LogP contribution in [0.2, 0.25) is 0 Å². The Balaban J connectivity index is 1.79. The predicted octanol–water partition coefficient (Wildman–Crippen LogP) is 3.20. The van der Waals surface area contributed by atoms with Crippen LogP contribution in [0.25, 0.3) is 11.1 Å². The Kier molecular flexibility index (Phi) is 3.29. The van der Waals surface area contributed by atoms with Crippen molar-refractivity contribution in [3.63, 3.8) is 0 Å². The smallest absolute Gasteiger partial charge is 0.195 e. The van der Waals surface area contributed by atoms with Crippen molar-refractivity contribution in [3.05, 3.63) is 53.9 Å². The van der Waals surface area contributed by atoms with E-state index in [4.69, 9.17) is 14.9 Å². The second-order valence-corrected chi connectivity index (χ2v) is 4.66. The Hall–Kier alpha value is -2.49. The van der Waals surface area contributed by atoms with Gasteiger partial charge in [0, 0.05) is 12.1 Å². The van der Waals surface area contributed by atoms with Gasteiger partial charge in [0.1, 0.15) is 5.75 Å². The lowest BCUT2D eigenvalue weighted by Gasteiger charge is -1.99. The van der Waals surface area contributed by atoms with Crippen LogP contribution in [0, 0.1) is 0 Å². The fourth-order valence-electron chi connectivity index (χ4n) is 2.18. The molecule has 0 atom stereocenters. The summed E-state index contributed by atoms with van der Waals surface area (Å²) in [5.74, 6) is 1.46. The molecule has 1 aromatic heterocycles. The third-order valence-electron chi connectivity index (χ3n) is 3.25. The van der Waals surface area contributed by atoms with Crippen molar-refractivity contribution in [2.75, 3.05) is 12.8 Å². The molecule has 2 N–H and O–H groups in total. The summed E-state index contributed by atoms with van der Waals surface area (Å²) in [6.45, 7) is 0. The van der Waals surface area contributed by atoms with Gasteiger partial charge in [-0.15, -0.1) is 0 Å². The number of hydrogen-bond acceptors (Lipinski definition) is 4. The van der Waals surface area contributed by atoms with Gasteiger partial charge in [0.2, 0.25) is 0 Å². The molecule has 3 rings (SSSR count). The summed E-state index contributed by atoms with van der Waals surface area (Å²) in [6.07, 6.45) is 1.62. The van der Waals surface area contributed by atoms with E-state index in [1.807, 2.05) is 42.5 Å². The van der Waals surface area contributed by atoms with Crippen molar-refractivity contribution in [2.24, 2.45) is 0 Å². The number of aromatic nitrogens is 1. The van der Waals surface area contributed by atoms with Crippen LogP contribution < -0.4 is 10.5 Å². The molecule has 0 saturated carbocycles. The highest BCUT2D eigenvalue weighted by Gasteiger charge is 2.10. The summed E-state index contributed by atoms with van der Waals surface area (Å²) < 4.78 is 11.0. The average molecular weight is 268 g/mol. The van der Waals surface area contributed by atoms with Crippen molar-refractivity contribution in [1.29, 1.82) is 0 Å². The lowest BCUT2D eigenvalue weighted by atomic mass is 10.1. The third kappa shape index (κ3) is 2.45. The zero-order valence-electron chi connectivity index (χ0n) is 11.3. The summed E-state index contributed by atoms with van der Waals surface area (Å²) in [6, 6.07) is 13.5. The largest absolute Gasteiger partial charge is 0.494 e. The SMILES string of the molecule is COc1cccc2oc(CCc3ccc(N)cc3)nc12. The first-order valence-electron chi connectivity index (χ1n) is 6.53. The van der Waals surface area contributed by atoms with Crippen LogP contribution >= 0.6 is 0 Å². The Morgan fingerprint density at radius 3 is 2.65 bits per heavy atom. The molecule has 0 aliphatic heterocycles. The maximum atomic E-state index is 5.74. The number of nitrogen functional groups attached to an aromatic ring is 1. The fourth-order valence-corrected chi connectivity index (χ4v) is 2.18. The van der Waals surface area contributed by atoms with E-state index in [9.17, 15) is 0 Å². The average Bonchev–Trinajstić information content (AvgIpc) is 2.89. The number of nitrogens with two attached hydrogens (primary N) is 1. The first kappa shape index (κ1) is 12.5. The second-order valence-electron chi connectivity index (χ2n) is 4.66. The summed E-state index contributed by atoms with van der Waals surface area (Å²) in [7, 11) is 1.64. The summed E-state index contributed by atoms with van der Waals surface area (Å²) in [5, 5.41) is 0. The highest BCUT2D eigenvalue weighted by molar-refractivity contribution is 5.79. The molecular formula is C16H16N2O2. The molecule has 0 saturated heterocycles. The summed E-state index contributed by atoms with van der Waals surface area (Å²) in [4.78, 5) is 4.50. The van der Waals surface area contributed by atoms with Crippen LogP contribution in [0.15, 0.2) is 46.9 Å². The van der Waals surface area contributed by atoms with Gasteiger partial charge in [0.05, 0.1) is 7.11 Å². The van der Waals surface area contributed by atoms with Crippen molar-refractivity contribution < 1.29 is 9.15 Å². The van der Waals surface area contributed by atoms with Crippen molar-refractivity contribution in [2.45, 2.75) is 12.8 Å². The molecule has 0 fully saturated rings. The Morgan fingerprint density at radius 2 is 1.90 bits per heavy atom. The molecule has 0 bridgehead atoms. The molecule has 1 heterocycles. The number of methoxy groups -OCH3 is 1. The number of benzene rings is 2. The molecule has 0 aliphatic rings. The van der Waals surface area contributed by atoms with Crippen LogP contribution in [0.1, 0.15) is 11.5 Å². The molecule has 3 aromatic rings. The number of aryl methyl sites for hydroxylation is 2. The summed E-state index contributed by atoms with van der Waals surface area (Å²) in [5.41, 5.74) is 9.21. The Morgan fingerprint density at radius 1 is 1.10 bits per heavy atom. The quantitative estimate of drug-likeness (QED) is 0.738. The van der Waals surface area contributed by atoms with Crippen LogP contribution in [-0.4, -0.2) is 12.1 Å².